The first-order valence-corrected chi connectivity index (χ1v) is 7.46. The Balaban J connectivity index is 1.84. The largest absolute Gasteiger partial charge is 0.457 e. The number of hydrogen-bond donors (Lipinski definition) is 0. The van der Waals surface area contributed by atoms with Crippen LogP contribution in [-0.2, 0) is 7.05 Å². The van der Waals surface area contributed by atoms with E-state index in [-0.39, 0.29) is 0 Å². The van der Waals surface area contributed by atoms with Crippen LogP contribution in [0.4, 0.5) is 0 Å². The van der Waals surface area contributed by atoms with Gasteiger partial charge in [-0.2, -0.15) is 0 Å². The van der Waals surface area contributed by atoms with Gasteiger partial charge in [0.05, 0.1) is 10.9 Å². The van der Waals surface area contributed by atoms with Gasteiger partial charge in [-0.1, -0.05) is 36.4 Å². The number of hydrogen-bond acceptors (Lipinski definition) is 2. The minimum Gasteiger partial charge on any atom is -0.457 e. The summed E-state index contributed by atoms with van der Waals surface area (Å²) in [6, 6.07) is 20.0. The number of benzene rings is 3. The van der Waals surface area contributed by atoms with Crippen molar-refractivity contribution in [2.24, 2.45) is 7.05 Å². The maximum atomic E-state index is 11.3. The van der Waals surface area contributed by atoms with Crippen molar-refractivity contribution in [1.29, 1.82) is 0 Å². The molecule has 0 saturated carbocycles. The molecule has 3 aromatic carbocycles. The predicted molar refractivity (Wildman–Crippen MR) is 92.3 cm³/mol. The Hall–Kier alpha value is -3.07. The summed E-state index contributed by atoms with van der Waals surface area (Å²) in [5.41, 5.74) is 1.62. The molecule has 0 amide bonds. The average molecular weight is 301 g/mol. The topological polar surface area (TPSA) is 31.2 Å². The molecule has 0 fully saturated rings. The van der Waals surface area contributed by atoms with Crippen molar-refractivity contribution in [2.45, 2.75) is 0 Å². The first kappa shape index (κ1) is 13.6. The summed E-state index contributed by atoms with van der Waals surface area (Å²) >= 11 is 0. The molecule has 0 aliphatic carbocycles. The lowest BCUT2D eigenvalue weighted by Gasteiger charge is -2.09. The normalized spacial score (nSPS) is 11.0. The van der Waals surface area contributed by atoms with Gasteiger partial charge in [-0.05, 0) is 35.0 Å². The Bertz CT molecular complexity index is 1030. The molecular formula is C20H15NO2. The number of ether oxygens (including phenoxy) is 1. The maximum Gasteiger partial charge on any atom is 0.152 e. The second kappa shape index (κ2) is 5.29. The smallest absolute Gasteiger partial charge is 0.152 e. The van der Waals surface area contributed by atoms with E-state index in [2.05, 4.69) is 12.1 Å². The van der Waals surface area contributed by atoms with Gasteiger partial charge >= 0.3 is 0 Å². The van der Waals surface area contributed by atoms with Gasteiger partial charge in [0.1, 0.15) is 11.5 Å². The molecule has 0 N–H and O–H groups in total. The second-order valence-corrected chi connectivity index (χ2v) is 5.57. The molecule has 0 saturated heterocycles. The molecule has 0 spiro atoms. The van der Waals surface area contributed by atoms with Crippen LogP contribution in [-0.4, -0.2) is 10.9 Å². The van der Waals surface area contributed by atoms with Crippen molar-refractivity contribution in [2.75, 3.05) is 0 Å². The zero-order valence-corrected chi connectivity index (χ0v) is 12.7. The van der Waals surface area contributed by atoms with Crippen molar-refractivity contribution in [3.05, 3.63) is 72.4 Å². The second-order valence-electron chi connectivity index (χ2n) is 5.57. The van der Waals surface area contributed by atoms with Crippen LogP contribution in [0.25, 0.3) is 21.7 Å². The Kier molecular flexibility index (Phi) is 3.12. The zero-order valence-electron chi connectivity index (χ0n) is 12.7. The summed E-state index contributed by atoms with van der Waals surface area (Å²) in [6.45, 7) is 0. The van der Waals surface area contributed by atoms with Gasteiger partial charge in [0.2, 0.25) is 0 Å². The van der Waals surface area contributed by atoms with Gasteiger partial charge in [0.25, 0.3) is 0 Å². The van der Waals surface area contributed by atoms with Crippen molar-refractivity contribution in [3.8, 4) is 11.5 Å². The maximum absolute atomic E-state index is 11.3. The van der Waals surface area contributed by atoms with Crippen molar-refractivity contribution in [3.63, 3.8) is 0 Å². The monoisotopic (exact) mass is 301 g/mol. The van der Waals surface area contributed by atoms with E-state index >= 15 is 0 Å². The highest BCUT2D eigenvalue weighted by Crippen LogP contribution is 2.33. The number of nitrogens with zero attached hydrogens (tertiary/aromatic N) is 1. The molecule has 0 bridgehead atoms. The summed E-state index contributed by atoms with van der Waals surface area (Å²) in [5.74, 6) is 1.46. The molecule has 0 aliphatic heterocycles. The van der Waals surface area contributed by atoms with E-state index < -0.39 is 0 Å². The lowest BCUT2D eigenvalue weighted by Crippen LogP contribution is -1.88. The van der Waals surface area contributed by atoms with Gasteiger partial charge in [0.15, 0.2) is 6.29 Å². The van der Waals surface area contributed by atoms with Crippen LogP contribution in [0.1, 0.15) is 10.4 Å². The lowest BCUT2D eigenvalue weighted by molar-refractivity contribution is 0.112. The molecule has 112 valence electrons. The summed E-state index contributed by atoms with van der Waals surface area (Å²) in [4.78, 5) is 11.3. The Morgan fingerprint density at radius 3 is 2.61 bits per heavy atom. The molecule has 4 rings (SSSR count). The van der Waals surface area contributed by atoms with E-state index in [0.29, 0.717) is 11.3 Å². The fourth-order valence-corrected chi connectivity index (χ4v) is 2.98. The van der Waals surface area contributed by atoms with E-state index in [4.69, 9.17) is 4.74 Å². The fourth-order valence-electron chi connectivity index (χ4n) is 2.98. The predicted octanol–water partition coefficient (Wildman–Crippen LogP) is 4.94. The van der Waals surface area contributed by atoms with Crippen LogP contribution in [0.15, 0.2) is 66.9 Å². The molecule has 0 unspecified atom stereocenters. The van der Waals surface area contributed by atoms with Crippen LogP contribution < -0.4 is 4.74 Å². The van der Waals surface area contributed by atoms with Crippen LogP contribution in [0.3, 0.4) is 0 Å². The third-order valence-corrected chi connectivity index (χ3v) is 4.08. The molecule has 0 aliphatic rings. The van der Waals surface area contributed by atoms with E-state index in [1.54, 1.807) is 0 Å². The summed E-state index contributed by atoms with van der Waals surface area (Å²) < 4.78 is 8.02. The van der Waals surface area contributed by atoms with Crippen LogP contribution in [0.5, 0.6) is 11.5 Å². The van der Waals surface area contributed by atoms with Crippen LogP contribution in [0, 0.1) is 0 Å². The molecule has 23 heavy (non-hydrogen) atoms. The Morgan fingerprint density at radius 2 is 1.78 bits per heavy atom. The molecule has 1 aromatic heterocycles. The first-order chi connectivity index (χ1) is 11.3. The first-order valence-electron chi connectivity index (χ1n) is 7.46. The fraction of sp³-hybridized carbons (Fsp3) is 0.0500. The summed E-state index contributed by atoms with van der Waals surface area (Å²) in [7, 11) is 1.93. The minimum absolute atomic E-state index is 0.638. The van der Waals surface area contributed by atoms with Crippen molar-refractivity contribution >= 4 is 28.0 Å². The highest BCUT2D eigenvalue weighted by molar-refractivity contribution is 6.01. The number of aryl methyl sites for hydroxylation is 1. The lowest BCUT2D eigenvalue weighted by atomic mass is 10.1. The van der Waals surface area contributed by atoms with E-state index in [1.165, 1.54) is 5.39 Å². The molecule has 0 radical (unpaired) electrons. The highest BCUT2D eigenvalue weighted by atomic mass is 16.5. The van der Waals surface area contributed by atoms with Gasteiger partial charge in [-0.25, -0.2) is 0 Å². The van der Waals surface area contributed by atoms with E-state index in [9.17, 15) is 4.79 Å². The van der Waals surface area contributed by atoms with Crippen LogP contribution in [0.2, 0.25) is 0 Å². The Labute approximate surface area is 133 Å². The number of rotatable bonds is 3. The number of aldehydes is 1. The van der Waals surface area contributed by atoms with Crippen molar-refractivity contribution in [1.82, 2.24) is 4.57 Å². The molecular weight excluding hydrogens is 286 g/mol. The van der Waals surface area contributed by atoms with Gasteiger partial charge < -0.3 is 9.30 Å². The quantitative estimate of drug-likeness (QED) is 0.502. The number of carbonyl (C=O) groups excluding carboxylic acids is 1. The SMILES string of the molecule is Cn1cc(C=O)c2c(Oc3ccc4ccccc4c3)cccc21. The molecule has 3 nitrogen and oxygen atoms in total. The highest BCUT2D eigenvalue weighted by Gasteiger charge is 2.12. The van der Waals surface area contributed by atoms with Crippen LogP contribution >= 0.6 is 0 Å². The third-order valence-electron chi connectivity index (χ3n) is 4.08. The van der Waals surface area contributed by atoms with Gasteiger partial charge in [-0.3, -0.25) is 4.79 Å². The number of carbonyl (C=O) groups is 1. The third kappa shape index (κ3) is 2.27. The summed E-state index contributed by atoms with van der Waals surface area (Å²) in [6.07, 6.45) is 2.69. The Morgan fingerprint density at radius 1 is 0.957 bits per heavy atom. The standard InChI is InChI=1S/C20H15NO2/c1-21-12-16(13-22)20-18(21)7-4-8-19(20)23-17-10-9-14-5-2-3-6-15(14)11-17/h2-13H,1H3. The van der Waals surface area contributed by atoms with Gasteiger partial charge in [-0.15, -0.1) is 0 Å². The average Bonchev–Trinajstić information content (AvgIpc) is 2.92. The number of aromatic nitrogens is 1. The molecule has 0 atom stereocenters. The number of fused-ring (bicyclic) bond motifs is 2. The molecule has 1 heterocycles. The molecule has 3 heteroatoms. The van der Waals surface area contributed by atoms with Gasteiger partial charge in [0, 0.05) is 18.8 Å². The zero-order chi connectivity index (χ0) is 15.8. The summed E-state index contributed by atoms with van der Waals surface area (Å²) in [5, 5.41) is 3.14. The minimum atomic E-state index is 0.638. The van der Waals surface area contributed by atoms with E-state index in [0.717, 1.165) is 28.3 Å². The van der Waals surface area contributed by atoms with E-state index in [1.807, 2.05) is 66.3 Å². The van der Waals surface area contributed by atoms with Crippen molar-refractivity contribution < 1.29 is 9.53 Å². The molecule has 4 aromatic rings.